The van der Waals surface area contributed by atoms with E-state index in [0.29, 0.717) is 15.7 Å². The second kappa shape index (κ2) is 6.41. The molecule has 7 heteroatoms. The van der Waals surface area contributed by atoms with Crippen LogP contribution in [0.5, 0.6) is 0 Å². The van der Waals surface area contributed by atoms with Crippen LogP contribution in [-0.4, -0.2) is 32.3 Å². The Hall–Kier alpha value is -2.12. The Kier molecular flexibility index (Phi) is 4.12. The molecule has 1 atom stereocenters. The molecule has 1 amide bonds. The second-order valence-electron chi connectivity index (χ2n) is 5.68. The van der Waals surface area contributed by atoms with E-state index in [1.165, 1.54) is 16.2 Å². The fourth-order valence-electron chi connectivity index (χ4n) is 3.02. The molecule has 1 unspecified atom stereocenters. The van der Waals surface area contributed by atoms with E-state index >= 15 is 0 Å². The summed E-state index contributed by atoms with van der Waals surface area (Å²) < 4.78 is 0. The van der Waals surface area contributed by atoms with E-state index < -0.39 is 0 Å². The summed E-state index contributed by atoms with van der Waals surface area (Å²) in [5.74, 6) is 0.643. The zero-order valence-corrected chi connectivity index (χ0v) is 14.8. The van der Waals surface area contributed by atoms with Crippen molar-refractivity contribution in [3.8, 4) is 10.8 Å². The fraction of sp³-hybridized carbons (Fsp3) is 0.294. The first-order chi connectivity index (χ1) is 11.7. The highest BCUT2D eigenvalue weighted by molar-refractivity contribution is 7.17. The van der Waals surface area contributed by atoms with Crippen LogP contribution in [0.15, 0.2) is 36.0 Å². The van der Waals surface area contributed by atoms with Crippen molar-refractivity contribution < 1.29 is 4.79 Å². The van der Waals surface area contributed by atoms with Gasteiger partial charge in [-0.15, -0.1) is 22.7 Å². The first-order valence-corrected chi connectivity index (χ1v) is 9.53. The smallest absolute Gasteiger partial charge is 0.266 e. The standard InChI is InChI=1S/C17H16N4OS2/c1-11-14(24-16(20-11)15-18-7-4-8-19-15)17(22)21-9-2-5-12(21)13-6-3-10-23-13/h3-4,6-8,10,12H,2,5,9H2,1H3. The Morgan fingerprint density at radius 2 is 2.12 bits per heavy atom. The van der Waals surface area contributed by atoms with Crippen molar-refractivity contribution in [3.63, 3.8) is 0 Å². The summed E-state index contributed by atoms with van der Waals surface area (Å²) in [4.78, 5) is 30.0. The highest BCUT2D eigenvalue weighted by Gasteiger charge is 2.33. The molecule has 1 aliphatic rings. The minimum absolute atomic E-state index is 0.0723. The first kappa shape index (κ1) is 15.4. The van der Waals surface area contributed by atoms with Gasteiger partial charge in [0.2, 0.25) is 0 Å². The normalized spacial score (nSPS) is 17.4. The van der Waals surface area contributed by atoms with Crippen molar-refractivity contribution >= 4 is 28.6 Å². The van der Waals surface area contributed by atoms with Gasteiger partial charge >= 0.3 is 0 Å². The van der Waals surface area contributed by atoms with Gasteiger partial charge in [-0.3, -0.25) is 4.79 Å². The first-order valence-electron chi connectivity index (χ1n) is 7.83. The van der Waals surface area contributed by atoms with Gasteiger partial charge in [-0.2, -0.15) is 0 Å². The lowest BCUT2D eigenvalue weighted by Crippen LogP contribution is -2.30. The van der Waals surface area contributed by atoms with E-state index in [1.54, 1.807) is 29.8 Å². The van der Waals surface area contributed by atoms with Crippen LogP contribution in [0.3, 0.4) is 0 Å². The van der Waals surface area contributed by atoms with Crippen LogP contribution in [-0.2, 0) is 0 Å². The molecule has 1 aliphatic heterocycles. The molecule has 5 nitrogen and oxygen atoms in total. The summed E-state index contributed by atoms with van der Waals surface area (Å²) in [6, 6.07) is 6.12. The van der Waals surface area contributed by atoms with Gasteiger partial charge in [0.15, 0.2) is 10.8 Å². The fourth-order valence-corrected chi connectivity index (χ4v) is 4.86. The van der Waals surface area contributed by atoms with Crippen LogP contribution >= 0.6 is 22.7 Å². The van der Waals surface area contributed by atoms with Gasteiger partial charge in [0, 0.05) is 23.8 Å². The minimum atomic E-state index is 0.0723. The number of aryl methyl sites for hydroxylation is 1. The predicted octanol–water partition coefficient (Wildman–Crippen LogP) is 3.95. The van der Waals surface area contributed by atoms with Crippen LogP contribution in [0.25, 0.3) is 10.8 Å². The Balaban J connectivity index is 1.64. The molecule has 4 heterocycles. The number of nitrogens with zero attached hydrogens (tertiary/aromatic N) is 4. The van der Waals surface area contributed by atoms with Crippen LogP contribution in [0.1, 0.15) is 39.1 Å². The summed E-state index contributed by atoms with van der Waals surface area (Å²) in [5, 5.41) is 2.77. The van der Waals surface area contributed by atoms with Gasteiger partial charge in [-0.1, -0.05) is 6.07 Å². The summed E-state index contributed by atoms with van der Waals surface area (Å²) in [7, 11) is 0. The topological polar surface area (TPSA) is 59.0 Å². The number of carbonyl (C=O) groups is 1. The third-order valence-corrected chi connectivity index (χ3v) is 6.25. The average molecular weight is 356 g/mol. The number of hydrogen-bond acceptors (Lipinski definition) is 6. The molecule has 0 N–H and O–H groups in total. The van der Waals surface area contributed by atoms with E-state index in [4.69, 9.17) is 0 Å². The summed E-state index contributed by atoms with van der Waals surface area (Å²) >= 11 is 3.10. The molecule has 1 saturated heterocycles. The van der Waals surface area contributed by atoms with E-state index in [2.05, 4.69) is 26.4 Å². The number of rotatable bonds is 3. The molecule has 122 valence electrons. The van der Waals surface area contributed by atoms with Gasteiger partial charge in [0.1, 0.15) is 4.88 Å². The average Bonchev–Trinajstić information content (AvgIpc) is 3.35. The molecule has 0 aliphatic carbocycles. The number of amides is 1. The van der Waals surface area contributed by atoms with Crippen LogP contribution in [0, 0.1) is 6.92 Å². The number of hydrogen-bond donors (Lipinski definition) is 0. The Bertz CT molecular complexity index is 845. The summed E-state index contributed by atoms with van der Waals surface area (Å²) in [5.41, 5.74) is 0.754. The lowest BCUT2D eigenvalue weighted by molar-refractivity contribution is 0.0742. The van der Waals surface area contributed by atoms with Gasteiger partial charge in [0.25, 0.3) is 5.91 Å². The molecular formula is C17H16N4OS2. The largest absolute Gasteiger partial charge is 0.330 e. The molecular weight excluding hydrogens is 340 g/mol. The van der Waals surface area contributed by atoms with Crippen LogP contribution in [0.2, 0.25) is 0 Å². The van der Waals surface area contributed by atoms with Gasteiger partial charge in [-0.25, -0.2) is 15.0 Å². The number of carbonyl (C=O) groups excluding carboxylic acids is 1. The number of thiophene rings is 1. The molecule has 0 saturated carbocycles. The monoisotopic (exact) mass is 356 g/mol. The highest BCUT2D eigenvalue weighted by Crippen LogP contribution is 2.37. The molecule has 3 aromatic rings. The van der Waals surface area contributed by atoms with E-state index in [9.17, 15) is 4.79 Å². The third kappa shape index (κ3) is 2.74. The van der Waals surface area contributed by atoms with Crippen molar-refractivity contribution in [2.45, 2.75) is 25.8 Å². The van der Waals surface area contributed by atoms with E-state index in [1.807, 2.05) is 17.9 Å². The number of aromatic nitrogens is 3. The molecule has 0 spiro atoms. The third-order valence-electron chi connectivity index (χ3n) is 4.13. The Morgan fingerprint density at radius 1 is 1.29 bits per heavy atom. The van der Waals surface area contributed by atoms with E-state index in [-0.39, 0.29) is 11.9 Å². The van der Waals surface area contributed by atoms with Crippen molar-refractivity contribution in [2.24, 2.45) is 0 Å². The number of thiazole rings is 1. The van der Waals surface area contributed by atoms with Gasteiger partial charge in [-0.05, 0) is 37.3 Å². The lowest BCUT2D eigenvalue weighted by atomic mass is 10.2. The predicted molar refractivity (Wildman–Crippen MR) is 95.2 cm³/mol. The molecule has 0 radical (unpaired) electrons. The SMILES string of the molecule is Cc1nc(-c2ncccn2)sc1C(=O)N1CCCC1c1cccs1. The zero-order valence-electron chi connectivity index (χ0n) is 13.2. The summed E-state index contributed by atoms with van der Waals surface area (Å²) in [6.45, 7) is 2.68. The maximum absolute atomic E-state index is 13.1. The summed E-state index contributed by atoms with van der Waals surface area (Å²) in [6.07, 6.45) is 5.45. The molecule has 4 rings (SSSR count). The van der Waals surface area contributed by atoms with Gasteiger partial charge in [0.05, 0.1) is 11.7 Å². The Morgan fingerprint density at radius 3 is 2.88 bits per heavy atom. The second-order valence-corrected chi connectivity index (χ2v) is 7.66. The zero-order chi connectivity index (χ0) is 16.5. The maximum Gasteiger partial charge on any atom is 0.266 e. The Labute approximate surface area is 148 Å². The molecule has 24 heavy (non-hydrogen) atoms. The highest BCUT2D eigenvalue weighted by atomic mass is 32.1. The molecule has 0 bridgehead atoms. The maximum atomic E-state index is 13.1. The minimum Gasteiger partial charge on any atom is -0.330 e. The molecule has 0 aromatic carbocycles. The van der Waals surface area contributed by atoms with Gasteiger partial charge < -0.3 is 4.90 Å². The molecule has 3 aromatic heterocycles. The van der Waals surface area contributed by atoms with Crippen molar-refractivity contribution in [1.29, 1.82) is 0 Å². The van der Waals surface area contributed by atoms with Crippen molar-refractivity contribution in [1.82, 2.24) is 19.9 Å². The van der Waals surface area contributed by atoms with Crippen molar-refractivity contribution in [3.05, 3.63) is 51.4 Å². The number of likely N-dealkylation sites (tertiary alicyclic amines) is 1. The van der Waals surface area contributed by atoms with E-state index in [0.717, 1.165) is 25.1 Å². The lowest BCUT2D eigenvalue weighted by Gasteiger charge is -2.23. The molecule has 1 fully saturated rings. The van der Waals surface area contributed by atoms with Crippen LogP contribution in [0.4, 0.5) is 0 Å². The van der Waals surface area contributed by atoms with Crippen molar-refractivity contribution in [2.75, 3.05) is 6.54 Å². The quantitative estimate of drug-likeness (QED) is 0.713. The van der Waals surface area contributed by atoms with Crippen LogP contribution < -0.4 is 0 Å².